The summed E-state index contributed by atoms with van der Waals surface area (Å²) in [5, 5.41) is -0.568. The van der Waals surface area contributed by atoms with Gasteiger partial charge in [-0.25, -0.2) is 8.42 Å². The molecule has 168 valence electrons. The van der Waals surface area contributed by atoms with Crippen LogP contribution in [0.5, 0.6) is 0 Å². The van der Waals surface area contributed by atoms with Crippen molar-refractivity contribution in [1.82, 2.24) is 9.21 Å². The minimum absolute atomic E-state index is 0.0224. The summed E-state index contributed by atoms with van der Waals surface area (Å²) in [4.78, 5) is 15.7. The highest BCUT2D eigenvalue weighted by molar-refractivity contribution is 7.89. The molecule has 0 N–H and O–H groups in total. The van der Waals surface area contributed by atoms with Crippen LogP contribution in [0.25, 0.3) is 0 Å². The van der Waals surface area contributed by atoms with Gasteiger partial charge in [0.25, 0.3) is 5.91 Å². The van der Waals surface area contributed by atoms with E-state index in [2.05, 4.69) is 0 Å². The maximum Gasteiger partial charge on any atom is 0.417 e. The number of nitrogens with zero attached hydrogens (tertiary/aromatic N) is 3. The minimum Gasteiger partial charge on any atom is -0.378 e. The van der Waals surface area contributed by atoms with E-state index in [1.54, 1.807) is 18.2 Å². The lowest BCUT2D eigenvalue weighted by Crippen LogP contribution is -2.50. The molecule has 11 heteroatoms. The highest BCUT2D eigenvalue weighted by atomic mass is 35.5. The Labute approximate surface area is 183 Å². The molecular formula is C20H21ClF3N3O3S. The predicted octanol–water partition coefficient (Wildman–Crippen LogP) is 3.57. The van der Waals surface area contributed by atoms with E-state index in [4.69, 9.17) is 11.6 Å². The van der Waals surface area contributed by atoms with Crippen LogP contribution in [-0.2, 0) is 16.2 Å². The Hall–Kier alpha value is -2.30. The van der Waals surface area contributed by atoms with Crippen molar-refractivity contribution in [1.29, 1.82) is 0 Å². The van der Waals surface area contributed by atoms with Crippen LogP contribution in [0.4, 0.5) is 18.9 Å². The number of carbonyl (C=O) groups is 1. The fourth-order valence-electron chi connectivity index (χ4n) is 3.26. The molecular weight excluding hydrogens is 455 g/mol. The molecule has 0 aromatic heterocycles. The first-order valence-corrected chi connectivity index (χ1v) is 11.2. The molecule has 0 unspecified atom stereocenters. The van der Waals surface area contributed by atoms with Crippen molar-refractivity contribution in [2.45, 2.75) is 11.1 Å². The van der Waals surface area contributed by atoms with Crippen molar-refractivity contribution in [3.8, 4) is 0 Å². The molecule has 0 atom stereocenters. The van der Waals surface area contributed by atoms with Gasteiger partial charge in [0.1, 0.15) is 0 Å². The Morgan fingerprint density at radius 2 is 1.68 bits per heavy atom. The Bertz CT molecular complexity index is 1080. The quantitative estimate of drug-likeness (QED) is 0.678. The van der Waals surface area contributed by atoms with E-state index in [-0.39, 0.29) is 32.1 Å². The zero-order chi connectivity index (χ0) is 23.0. The molecule has 1 aliphatic heterocycles. The number of sulfonamides is 1. The number of amides is 1. The molecule has 1 saturated heterocycles. The first kappa shape index (κ1) is 23.4. The van der Waals surface area contributed by atoms with Crippen molar-refractivity contribution in [3.05, 3.63) is 58.6 Å². The van der Waals surface area contributed by atoms with Crippen LogP contribution in [0.2, 0.25) is 5.02 Å². The zero-order valence-electron chi connectivity index (χ0n) is 16.9. The van der Waals surface area contributed by atoms with E-state index < -0.39 is 31.7 Å². The largest absolute Gasteiger partial charge is 0.417 e. The monoisotopic (exact) mass is 475 g/mol. The van der Waals surface area contributed by atoms with Gasteiger partial charge in [0.05, 0.1) is 15.5 Å². The molecule has 0 radical (unpaired) electrons. The second kappa shape index (κ2) is 8.68. The molecule has 0 spiro atoms. The number of halogens is 4. The standard InChI is InChI=1S/C20H21ClF3N3O3S/c1-25(2)15-5-3-4-14(12-15)19(28)26-8-10-27(11-9-26)31(29,30)16-6-7-18(21)17(13-16)20(22,23)24/h3-7,12-13H,8-11H2,1-2H3. The third kappa shape index (κ3) is 4.97. The summed E-state index contributed by atoms with van der Waals surface area (Å²) in [6, 6.07) is 9.58. The number of rotatable bonds is 4. The third-order valence-electron chi connectivity index (χ3n) is 5.02. The third-order valence-corrected chi connectivity index (χ3v) is 7.24. The van der Waals surface area contributed by atoms with Crippen LogP contribution in [0.3, 0.4) is 0 Å². The summed E-state index contributed by atoms with van der Waals surface area (Å²) in [5.41, 5.74) is 0.134. The zero-order valence-corrected chi connectivity index (χ0v) is 18.4. The Morgan fingerprint density at radius 1 is 1.03 bits per heavy atom. The summed E-state index contributed by atoms with van der Waals surface area (Å²) >= 11 is 5.58. The molecule has 1 amide bonds. The van der Waals surface area contributed by atoms with Gasteiger partial charge in [-0.3, -0.25) is 4.79 Å². The molecule has 1 heterocycles. The number of piperazine rings is 1. The van der Waals surface area contributed by atoms with Gasteiger partial charge in [-0.05, 0) is 36.4 Å². The Kier molecular flexibility index (Phi) is 6.54. The van der Waals surface area contributed by atoms with E-state index in [1.807, 2.05) is 25.1 Å². The molecule has 2 aromatic rings. The molecule has 2 aromatic carbocycles. The molecule has 1 fully saturated rings. The predicted molar refractivity (Wildman–Crippen MR) is 112 cm³/mol. The van der Waals surface area contributed by atoms with Crippen LogP contribution in [0.1, 0.15) is 15.9 Å². The SMILES string of the molecule is CN(C)c1cccc(C(=O)N2CCN(S(=O)(=O)c3ccc(Cl)c(C(F)(F)F)c3)CC2)c1. The molecule has 3 rings (SSSR count). The average Bonchev–Trinajstić information content (AvgIpc) is 2.72. The number of anilines is 1. The number of benzene rings is 2. The van der Waals surface area contributed by atoms with E-state index in [0.717, 1.165) is 22.1 Å². The van der Waals surface area contributed by atoms with Gasteiger partial charge in [0, 0.05) is 51.5 Å². The summed E-state index contributed by atoms with van der Waals surface area (Å²) in [7, 11) is -0.453. The van der Waals surface area contributed by atoms with Crippen LogP contribution in [0, 0.1) is 0 Å². The van der Waals surface area contributed by atoms with E-state index in [9.17, 15) is 26.4 Å². The summed E-state index contributed by atoms with van der Waals surface area (Å²) in [6.45, 7) is 0.213. The topological polar surface area (TPSA) is 60.9 Å². The van der Waals surface area contributed by atoms with E-state index in [1.165, 1.54) is 4.90 Å². The number of hydrogen-bond acceptors (Lipinski definition) is 4. The second-order valence-electron chi connectivity index (χ2n) is 7.28. The molecule has 6 nitrogen and oxygen atoms in total. The Balaban J connectivity index is 1.74. The van der Waals surface area contributed by atoms with Crippen LogP contribution >= 0.6 is 11.6 Å². The van der Waals surface area contributed by atoms with Crippen LogP contribution in [-0.4, -0.2) is 63.8 Å². The number of hydrogen-bond donors (Lipinski definition) is 0. The van der Waals surface area contributed by atoms with Gasteiger partial charge in [-0.2, -0.15) is 17.5 Å². The van der Waals surface area contributed by atoms with Crippen molar-refractivity contribution in [2.24, 2.45) is 0 Å². The molecule has 31 heavy (non-hydrogen) atoms. The fraction of sp³-hybridized carbons (Fsp3) is 0.350. The number of carbonyl (C=O) groups excluding carboxylic acids is 1. The smallest absolute Gasteiger partial charge is 0.378 e. The highest BCUT2D eigenvalue weighted by Crippen LogP contribution is 2.36. The maximum absolute atomic E-state index is 13.1. The summed E-state index contributed by atoms with van der Waals surface area (Å²) in [5.74, 6) is -0.230. The molecule has 0 aliphatic carbocycles. The lowest BCUT2D eigenvalue weighted by atomic mass is 10.1. The molecule has 1 aliphatic rings. The second-order valence-corrected chi connectivity index (χ2v) is 9.63. The lowest BCUT2D eigenvalue weighted by Gasteiger charge is -2.34. The Morgan fingerprint density at radius 3 is 2.26 bits per heavy atom. The summed E-state index contributed by atoms with van der Waals surface area (Å²) in [6.07, 6.45) is -4.77. The van der Waals surface area contributed by atoms with Gasteiger partial charge in [-0.1, -0.05) is 17.7 Å². The highest BCUT2D eigenvalue weighted by Gasteiger charge is 2.36. The van der Waals surface area contributed by atoms with Crippen molar-refractivity contribution < 1.29 is 26.4 Å². The van der Waals surface area contributed by atoms with Gasteiger partial charge >= 0.3 is 6.18 Å². The summed E-state index contributed by atoms with van der Waals surface area (Å²) < 4.78 is 66.1. The normalized spacial score (nSPS) is 15.7. The first-order chi connectivity index (χ1) is 14.4. The molecule has 0 saturated carbocycles. The van der Waals surface area contributed by atoms with Gasteiger partial charge in [0.2, 0.25) is 10.0 Å². The number of alkyl halides is 3. The van der Waals surface area contributed by atoms with Gasteiger partial charge in [-0.15, -0.1) is 0 Å². The van der Waals surface area contributed by atoms with E-state index >= 15 is 0 Å². The van der Waals surface area contributed by atoms with Crippen LogP contribution in [0.15, 0.2) is 47.4 Å². The van der Waals surface area contributed by atoms with Crippen molar-refractivity contribution >= 4 is 33.2 Å². The fourth-order valence-corrected chi connectivity index (χ4v) is 4.94. The van der Waals surface area contributed by atoms with Crippen molar-refractivity contribution in [3.63, 3.8) is 0 Å². The lowest BCUT2D eigenvalue weighted by molar-refractivity contribution is -0.137. The molecule has 0 bridgehead atoms. The van der Waals surface area contributed by atoms with E-state index in [0.29, 0.717) is 11.6 Å². The average molecular weight is 476 g/mol. The maximum atomic E-state index is 13.1. The van der Waals surface area contributed by atoms with Crippen molar-refractivity contribution in [2.75, 3.05) is 45.2 Å². The van der Waals surface area contributed by atoms with Gasteiger partial charge < -0.3 is 9.80 Å². The first-order valence-electron chi connectivity index (χ1n) is 9.35. The minimum atomic E-state index is -4.77. The van der Waals surface area contributed by atoms with Crippen LogP contribution < -0.4 is 4.90 Å². The van der Waals surface area contributed by atoms with Gasteiger partial charge in [0.15, 0.2) is 0 Å².